The molecular weight excluding hydrogens is 212 g/mol. The lowest BCUT2D eigenvalue weighted by molar-refractivity contribution is -0.140. The summed E-state index contributed by atoms with van der Waals surface area (Å²) in [6, 6.07) is 2.32. The van der Waals surface area contributed by atoms with Crippen molar-refractivity contribution in [2.24, 2.45) is 5.41 Å². The molecule has 0 spiro atoms. The highest BCUT2D eigenvalue weighted by molar-refractivity contribution is 5.85. The zero-order valence-corrected chi connectivity index (χ0v) is 11.2. The number of carbonyl (C=O) groups excluding carboxylic acids is 1. The molecule has 96 valence electrons. The van der Waals surface area contributed by atoms with Crippen LogP contribution in [0.15, 0.2) is 0 Å². The van der Waals surface area contributed by atoms with Crippen molar-refractivity contribution in [3.63, 3.8) is 0 Å². The summed E-state index contributed by atoms with van der Waals surface area (Å²) in [5.74, 6) is 0.0793. The molecule has 0 heterocycles. The maximum atomic E-state index is 12.5. The van der Waals surface area contributed by atoms with E-state index in [0.29, 0.717) is 0 Å². The molecule has 17 heavy (non-hydrogen) atoms. The Morgan fingerprint density at radius 3 is 2.41 bits per heavy atom. The summed E-state index contributed by atoms with van der Waals surface area (Å²) in [5.41, 5.74) is -0.706. The highest BCUT2D eigenvalue weighted by Crippen LogP contribution is 2.37. The minimum atomic E-state index is -0.706. The highest BCUT2D eigenvalue weighted by Gasteiger charge is 2.41. The van der Waals surface area contributed by atoms with Gasteiger partial charge in [0.2, 0.25) is 5.91 Å². The molecule has 0 unspecified atom stereocenters. The van der Waals surface area contributed by atoms with Gasteiger partial charge in [-0.1, -0.05) is 32.6 Å². The van der Waals surface area contributed by atoms with Gasteiger partial charge in [-0.05, 0) is 26.2 Å². The number of rotatable bonds is 5. The molecule has 1 saturated carbocycles. The number of hydrogen-bond donors (Lipinski definition) is 0. The van der Waals surface area contributed by atoms with Crippen LogP contribution in [0.2, 0.25) is 0 Å². The third-order valence-electron chi connectivity index (χ3n) is 3.78. The highest BCUT2D eigenvalue weighted by atomic mass is 16.2. The van der Waals surface area contributed by atoms with Gasteiger partial charge in [-0.3, -0.25) is 4.79 Å². The first-order chi connectivity index (χ1) is 8.20. The number of hydrogen-bond acceptors (Lipinski definition) is 2. The number of unbranched alkanes of at least 4 members (excludes halogenated alkanes) is 1. The van der Waals surface area contributed by atoms with Gasteiger partial charge in [-0.15, -0.1) is 0 Å². The molecule has 0 saturated heterocycles. The molecule has 0 N–H and O–H groups in total. The molecule has 3 heteroatoms. The molecule has 1 aliphatic rings. The number of nitriles is 1. The fraction of sp³-hybridized carbons (Fsp3) is 0.857. The first kappa shape index (κ1) is 14.0. The van der Waals surface area contributed by atoms with Crippen molar-refractivity contribution in [2.75, 3.05) is 13.1 Å². The fourth-order valence-electron chi connectivity index (χ4n) is 2.58. The van der Waals surface area contributed by atoms with Crippen LogP contribution in [0.4, 0.5) is 0 Å². The SMILES string of the molecule is CCCCN(CC)C(=O)C1(C#N)CCCCC1. The van der Waals surface area contributed by atoms with Crippen LogP contribution < -0.4 is 0 Å². The van der Waals surface area contributed by atoms with Crippen molar-refractivity contribution in [3.8, 4) is 6.07 Å². The molecule has 3 nitrogen and oxygen atoms in total. The van der Waals surface area contributed by atoms with Crippen LogP contribution in [0, 0.1) is 16.7 Å². The summed E-state index contributed by atoms with van der Waals surface area (Å²) in [7, 11) is 0. The van der Waals surface area contributed by atoms with E-state index in [1.807, 2.05) is 11.8 Å². The maximum absolute atomic E-state index is 12.5. The first-order valence-electron chi connectivity index (χ1n) is 6.91. The lowest BCUT2D eigenvalue weighted by Gasteiger charge is -2.34. The lowest BCUT2D eigenvalue weighted by Crippen LogP contribution is -2.44. The topological polar surface area (TPSA) is 44.1 Å². The summed E-state index contributed by atoms with van der Waals surface area (Å²) in [6.07, 6.45) is 6.83. The number of nitrogens with zero attached hydrogens (tertiary/aromatic N) is 2. The lowest BCUT2D eigenvalue weighted by atomic mass is 9.74. The third-order valence-corrected chi connectivity index (χ3v) is 3.78. The van der Waals surface area contributed by atoms with Crippen molar-refractivity contribution in [2.45, 2.75) is 58.8 Å². The van der Waals surface area contributed by atoms with Gasteiger partial charge < -0.3 is 4.90 Å². The Kier molecular flexibility index (Phi) is 5.47. The van der Waals surface area contributed by atoms with E-state index in [2.05, 4.69) is 13.0 Å². The summed E-state index contributed by atoms with van der Waals surface area (Å²) in [4.78, 5) is 14.4. The Balaban J connectivity index is 2.73. The predicted molar refractivity (Wildman–Crippen MR) is 68.3 cm³/mol. The van der Waals surface area contributed by atoms with Crippen LogP contribution in [-0.4, -0.2) is 23.9 Å². The van der Waals surface area contributed by atoms with E-state index in [4.69, 9.17) is 0 Å². The van der Waals surface area contributed by atoms with E-state index in [-0.39, 0.29) is 5.91 Å². The Morgan fingerprint density at radius 2 is 1.94 bits per heavy atom. The largest absolute Gasteiger partial charge is 0.342 e. The second-order valence-corrected chi connectivity index (χ2v) is 4.99. The van der Waals surface area contributed by atoms with Gasteiger partial charge in [0.25, 0.3) is 0 Å². The Labute approximate surface area is 105 Å². The quantitative estimate of drug-likeness (QED) is 0.736. The second kappa shape index (κ2) is 6.64. The van der Waals surface area contributed by atoms with Crippen LogP contribution >= 0.6 is 0 Å². The van der Waals surface area contributed by atoms with Gasteiger partial charge in [0.1, 0.15) is 5.41 Å². The van der Waals surface area contributed by atoms with Gasteiger partial charge in [-0.25, -0.2) is 0 Å². The van der Waals surface area contributed by atoms with Gasteiger partial charge >= 0.3 is 0 Å². The van der Waals surface area contributed by atoms with Crippen molar-refractivity contribution < 1.29 is 4.79 Å². The minimum absolute atomic E-state index is 0.0793. The summed E-state index contributed by atoms with van der Waals surface area (Å²) < 4.78 is 0. The van der Waals surface area contributed by atoms with Crippen LogP contribution in [0.5, 0.6) is 0 Å². The molecule has 0 radical (unpaired) electrons. The van der Waals surface area contributed by atoms with Crippen LogP contribution in [0.1, 0.15) is 58.8 Å². The van der Waals surface area contributed by atoms with Crippen LogP contribution in [-0.2, 0) is 4.79 Å². The van der Waals surface area contributed by atoms with E-state index < -0.39 is 5.41 Å². The maximum Gasteiger partial charge on any atom is 0.243 e. The van der Waals surface area contributed by atoms with E-state index in [1.165, 1.54) is 0 Å². The Bertz CT molecular complexity index is 287. The molecule has 0 aromatic rings. The van der Waals surface area contributed by atoms with Gasteiger partial charge in [0.05, 0.1) is 6.07 Å². The molecule has 1 amide bonds. The first-order valence-corrected chi connectivity index (χ1v) is 6.91. The number of carbonyl (C=O) groups is 1. The van der Waals surface area contributed by atoms with E-state index >= 15 is 0 Å². The molecule has 1 rings (SSSR count). The van der Waals surface area contributed by atoms with Gasteiger partial charge in [0.15, 0.2) is 0 Å². The predicted octanol–water partition coefficient (Wildman–Crippen LogP) is 3.11. The fourth-order valence-corrected chi connectivity index (χ4v) is 2.58. The minimum Gasteiger partial charge on any atom is -0.342 e. The Hall–Kier alpha value is -1.04. The van der Waals surface area contributed by atoms with Crippen LogP contribution in [0.3, 0.4) is 0 Å². The molecule has 1 fully saturated rings. The van der Waals surface area contributed by atoms with Crippen molar-refractivity contribution >= 4 is 5.91 Å². The van der Waals surface area contributed by atoms with Crippen molar-refractivity contribution in [1.82, 2.24) is 4.90 Å². The van der Waals surface area contributed by atoms with E-state index in [0.717, 1.165) is 58.0 Å². The molecule has 1 aliphatic carbocycles. The van der Waals surface area contributed by atoms with Gasteiger partial charge in [-0.2, -0.15) is 5.26 Å². The number of amides is 1. The molecule has 0 atom stereocenters. The van der Waals surface area contributed by atoms with Gasteiger partial charge in [0, 0.05) is 13.1 Å². The molecule has 0 aromatic heterocycles. The van der Waals surface area contributed by atoms with Crippen molar-refractivity contribution in [1.29, 1.82) is 5.26 Å². The zero-order chi connectivity index (χ0) is 12.7. The summed E-state index contributed by atoms with van der Waals surface area (Å²) >= 11 is 0. The molecule has 0 aromatic carbocycles. The van der Waals surface area contributed by atoms with E-state index in [1.54, 1.807) is 0 Å². The smallest absolute Gasteiger partial charge is 0.243 e. The standard InChI is InChI=1S/C14H24N2O/c1-3-5-11-16(4-2)13(17)14(12-15)9-7-6-8-10-14/h3-11H2,1-2H3. The summed E-state index contributed by atoms with van der Waals surface area (Å²) in [6.45, 7) is 5.65. The van der Waals surface area contributed by atoms with Crippen molar-refractivity contribution in [3.05, 3.63) is 0 Å². The van der Waals surface area contributed by atoms with E-state index in [9.17, 15) is 10.1 Å². The second-order valence-electron chi connectivity index (χ2n) is 4.99. The summed E-state index contributed by atoms with van der Waals surface area (Å²) in [5, 5.41) is 9.38. The monoisotopic (exact) mass is 236 g/mol. The average Bonchev–Trinajstić information content (AvgIpc) is 2.40. The molecule has 0 aliphatic heterocycles. The molecule has 0 bridgehead atoms. The average molecular weight is 236 g/mol. The van der Waals surface area contributed by atoms with Crippen LogP contribution in [0.25, 0.3) is 0 Å². The zero-order valence-electron chi connectivity index (χ0n) is 11.2. The third kappa shape index (κ3) is 3.21. The normalized spacial score (nSPS) is 18.4. The molecular formula is C14H24N2O. The Morgan fingerprint density at radius 1 is 1.29 bits per heavy atom.